The summed E-state index contributed by atoms with van der Waals surface area (Å²) in [7, 11) is 0. The van der Waals surface area contributed by atoms with Crippen LogP contribution in [0.15, 0.2) is 4.99 Å². The van der Waals surface area contributed by atoms with Crippen molar-refractivity contribution in [3.63, 3.8) is 0 Å². The molecule has 0 aromatic heterocycles. The Morgan fingerprint density at radius 3 is 2.67 bits per heavy atom. The molecule has 0 heterocycles. The quantitative estimate of drug-likeness (QED) is 0.318. The fourth-order valence-electron chi connectivity index (χ4n) is 0.939. The summed E-state index contributed by atoms with van der Waals surface area (Å²) in [6.45, 7) is 4.28. The molecule has 0 saturated carbocycles. The van der Waals surface area contributed by atoms with Gasteiger partial charge in [-0.1, -0.05) is 12.8 Å². The first-order valence-electron chi connectivity index (χ1n) is 4.53. The molecule has 0 unspecified atom stereocenters. The molecular weight excluding hydrogens is 154 g/mol. The second kappa shape index (κ2) is 10.3. The second-order valence-corrected chi connectivity index (χ2v) is 2.58. The molecule has 70 valence electrons. The van der Waals surface area contributed by atoms with E-state index in [9.17, 15) is 4.79 Å². The highest BCUT2D eigenvalue weighted by Crippen LogP contribution is 1.99. The van der Waals surface area contributed by atoms with Gasteiger partial charge in [-0.15, -0.1) is 0 Å². The van der Waals surface area contributed by atoms with Gasteiger partial charge in [-0.25, -0.2) is 9.79 Å². The molecule has 0 saturated heterocycles. The van der Waals surface area contributed by atoms with Gasteiger partial charge in [0.2, 0.25) is 6.08 Å². The number of isocyanates is 1. The fraction of sp³-hybridized carbons (Fsp3) is 0.889. The third-order valence-electron chi connectivity index (χ3n) is 1.58. The van der Waals surface area contributed by atoms with Crippen molar-refractivity contribution >= 4 is 6.08 Å². The van der Waals surface area contributed by atoms with Crippen molar-refractivity contribution in [1.29, 1.82) is 0 Å². The van der Waals surface area contributed by atoms with Crippen molar-refractivity contribution in [1.82, 2.24) is 0 Å². The smallest absolute Gasteiger partial charge is 0.234 e. The molecule has 3 heteroatoms. The highest BCUT2D eigenvalue weighted by Gasteiger charge is 1.88. The van der Waals surface area contributed by atoms with Crippen LogP contribution < -0.4 is 0 Å². The van der Waals surface area contributed by atoms with Crippen LogP contribution in [0.25, 0.3) is 0 Å². The lowest BCUT2D eigenvalue weighted by atomic mass is 10.2. The van der Waals surface area contributed by atoms with E-state index in [0.29, 0.717) is 6.54 Å². The number of carbonyl (C=O) groups excluding carboxylic acids is 1. The lowest BCUT2D eigenvalue weighted by Crippen LogP contribution is -1.93. The summed E-state index contributed by atoms with van der Waals surface area (Å²) in [6.07, 6.45) is 5.91. The summed E-state index contributed by atoms with van der Waals surface area (Å²) in [5, 5.41) is 0. The molecule has 0 fully saturated rings. The molecule has 0 aliphatic heterocycles. The lowest BCUT2D eigenvalue weighted by Gasteiger charge is -1.99. The summed E-state index contributed by atoms with van der Waals surface area (Å²) in [4.78, 5) is 13.1. The molecule has 0 rings (SSSR count). The van der Waals surface area contributed by atoms with Gasteiger partial charge in [0.25, 0.3) is 0 Å². The van der Waals surface area contributed by atoms with E-state index >= 15 is 0 Å². The molecule has 0 aliphatic carbocycles. The van der Waals surface area contributed by atoms with Gasteiger partial charge in [0.1, 0.15) is 0 Å². The van der Waals surface area contributed by atoms with Crippen LogP contribution in [-0.2, 0) is 9.53 Å². The third-order valence-corrected chi connectivity index (χ3v) is 1.58. The minimum atomic E-state index is 0.623. The van der Waals surface area contributed by atoms with Crippen LogP contribution in [0.3, 0.4) is 0 Å². The lowest BCUT2D eigenvalue weighted by molar-refractivity contribution is 0.143. The van der Waals surface area contributed by atoms with E-state index in [-0.39, 0.29) is 0 Å². The Labute approximate surface area is 73.8 Å². The van der Waals surface area contributed by atoms with Crippen LogP contribution in [0.1, 0.15) is 32.6 Å². The Morgan fingerprint density at radius 1 is 1.25 bits per heavy atom. The monoisotopic (exact) mass is 171 g/mol. The SMILES string of the molecule is CCOCCCCCCN=C=O. The normalized spacial score (nSPS) is 9.42. The van der Waals surface area contributed by atoms with Crippen molar-refractivity contribution in [3.05, 3.63) is 0 Å². The molecule has 0 bridgehead atoms. The van der Waals surface area contributed by atoms with E-state index < -0.39 is 0 Å². The van der Waals surface area contributed by atoms with Crippen molar-refractivity contribution in [2.24, 2.45) is 4.99 Å². The van der Waals surface area contributed by atoms with Gasteiger partial charge < -0.3 is 4.74 Å². The predicted molar refractivity (Wildman–Crippen MR) is 47.9 cm³/mol. The van der Waals surface area contributed by atoms with Crippen LogP contribution in [0.4, 0.5) is 0 Å². The minimum Gasteiger partial charge on any atom is -0.382 e. The number of unbranched alkanes of at least 4 members (excludes halogenated alkanes) is 3. The second-order valence-electron chi connectivity index (χ2n) is 2.58. The Hall–Kier alpha value is -0.660. The van der Waals surface area contributed by atoms with Gasteiger partial charge in [0, 0.05) is 13.2 Å². The molecular formula is C9H17NO2. The highest BCUT2D eigenvalue weighted by atomic mass is 16.5. The Balaban J connectivity index is 2.86. The van der Waals surface area contributed by atoms with E-state index in [4.69, 9.17) is 4.74 Å². The third kappa shape index (κ3) is 9.34. The fourth-order valence-corrected chi connectivity index (χ4v) is 0.939. The average molecular weight is 171 g/mol. The number of hydrogen-bond acceptors (Lipinski definition) is 3. The molecule has 0 spiro atoms. The maximum atomic E-state index is 9.67. The first-order chi connectivity index (χ1) is 5.91. The highest BCUT2D eigenvalue weighted by molar-refractivity contribution is 5.32. The van der Waals surface area contributed by atoms with Crippen molar-refractivity contribution < 1.29 is 9.53 Å². The zero-order chi connectivity index (χ0) is 9.07. The molecule has 0 atom stereocenters. The number of ether oxygens (including phenoxy) is 1. The van der Waals surface area contributed by atoms with Crippen molar-refractivity contribution in [2.75, 3.05) is 19.8 Å². The molecule has 0 aromatic carbocycles. The van der Waals surface area contributed by atoms with Crippen LogP contribution in [-0.4, -0.2) is 25.8 Å². The Morgan fingerprint density at radius 2 is 2.00 bits per heavy atom. The van der Waals surface area contributed by atoms with Gasteiger partial charge >= 0.3 is 0 Å². The van der Waals surface area contributed by atoms with E-state index in [1.807, 2.05) is 6.92 Å². The first-order valence-corrected chi connectivity index (χ1v) is 4.53. The zero-order valence-electron chi connectivity index (χ0n) is 7.71. The van der Waals surface area contributed by atoms with Gasteiger partial charge in [-0.2, -0.15) is 0 Å². The maximum absolute atomic E-state index is 9.67. The van der Waals surface area contributed by atoms with E-state index in [2.05, 4.69) is 4.99 Å². The van der Waals surface area contributed by atoms with Crippen LogP contribution >= 0.6 is 0 Å². The van der Waals surface area contributed by atoms with Gasteiger partial charge in [0.05, 0.1) is 6.54 Å². The van der Waals surface area contributed by atoms with E-state index in [1.165, 1.54) is 6.08 Å². The predicted octanol–water partition coefficient (Wildman–Crippen LogP) is 1.92. The van der Waals surface area contributed by atoms with Crippen LogP contribution in [0.5, 0.6) is 0 Å². The molecule has 12 heavy (non-hydrogen) atoms. The summed E-state index contributed by atoms with van der Waals surface area (Å²) < 4.78 is 5.18. The van der Waals surface area contributed by atoms with Crippen molar-refractivity contribution in [3.8, 4) is 0 Å². The summed E-state index contributed by atoms with van der Waals surface area (Å²) in [6, 6.07) is 0. The van der Waals surface area contributed by atoms with Crippen LogP contribution in [0, 0.1) is 0 Å². The Kier molecular flexibility index (Phi) is 9.77. The molecule has 3 nitrogen and oxygen atoms in total. The molecule has 0 aliphatic rings. The molecule has 0 aromatic rings. The number of rotatable bonds is 8. The van der Waals surface area contributed by atoms with E-state index in [0.717, 1.165) is 38.9 Å². The van der Waals surface area contributed by atoms with Crippen LogP contribution in [0.2, 0.25) is 0 Å². The number of hydrogen-bond donors (Lipinski definition) is 0. The minimum absolute atomic E-state index is 0.623. The van der Waals surface area contributed by atoms with Gasteiger partial charge in [-0.3, -0.25) is 0 Å². The average Bonchev–Trinajstić information content (AvgIpc) is 2.10. The zero-order valence-corrected chi connectivity index (χ0v) is 7.71. The maximum Gasteiger partial charge on any atom is 0.234 e. The summed E-state index contributed by atoms with van der Waals surface area (Å²) in [5.41, 5.74) is 0. The topological polar surface area (TPSA) is 38.7 Å². The first kappa shape index (κ1) is 11.3. The van der Waals surface area contributed by atoms with E-state index in [1.54, 1.807) is 0 Å². The van der Waals surface area contributed by atoms with Gasteiger partial charge in [0.15, 0.2) is 0 Å². The molecule has 0 N–H and O–H groups in total. The molecule has 0 radical (unpaired) electrons. The standard InChI is InChI=1S/C9H17NO2/c1-2-12-8-6-4-3-5-7-10-9-11/h2-8H2,1H3. The van der Waals surface area contributed by atoms with Gasteiger partial charge in [-0.05, 0) is 19.8 Å². The van der Waals surface area contributed by atoms with Crippen molar-refractivity contribution in [2.45, 2.75) is 32.6 Å². The number of nitrogens with zero attached hydrogens (tertiary/aromatic N) is 1. The summed E-state index contributed by atoms with van der Waals surface area (Å²) in [5.74, 6) is 0. The number of aliphatic imine (C=N–C) groups is 1. The largest absolute Gasteiger partial charge is 0.382 e. The molecule has 0 amide bonds. The Bertz CT molecular complexity index is 130. The summed E-state index contributed by atoms with van der Waals surface area (Å²) >= 11 is 0.